The molecule has 3 aliphatic rings. The molecule has 0 radical (unpaired) electrons. The van der Waals surface area contributed by atoms with E-state index in [1.54, 1.807) is 6.92 Å². The first-order valence-electron chi connectivity index (χ1n) is 9.49. The Morgan fingerprint density at radius 3 is 2.50 bits per heavy atom. The summed E-state index contributed by atoms with van der Waals surface area (Å²) in [5, 5.41) is 32.3. The van der Waals surface area contributed by atoms with Crippen LogP contribution < -0.4 is 0 Å². The van der Waals surface area contributed by atoms with Crippen LogP contribution in [0.15, 0.2) is 11.6 Å². The fourth-order valence-electron chi connectivity index (χ4n) is 5.38. The van der Waals surface area contributed by atoms with Crippen LogP contribution in [0.3, 0.4) is 0 Å². The maximum atomic E-state index is 11.2. The Kier molecular flexibility index (Phi) is 4.66. The maximum absolute atomic E-state index is 11.2. The van der Waals surface area contributed by atoms with Crippen LogP contribution in [0.2, 0.25) is 0 Å². The first kappa shape index (κ1) is 18.4. The van der Waals surface area contributed by atoms with Crippen molar-refractivity contribution >= 4 is 0 Å². The van der Waals surface area contributed by atoms with Gasteiger partial charge in [0.25, 0.3) is 0 Å². The molecule has 2 aliphatic heterocycles. The molecule has 2 fully saturated rings. The predicted molar refractivity (Wildman–Crippen MR) is 93.4 cm³/mol. The van der Waals surface area contributed by atoms with Crippen LogP contribution in [0, 0.1) is 23.7 Å². The van der Waals surface area contributed by atoms with Gasteiger partial charge in [-0.1, -0.05) is 25.5 Å². The maximum Gasteiger partial charge on any atom is 0.0902 e. The number of fused-ring (bicyclic) bond motifs is 5. The van der Waals surface area contributed by atoms with Crippen LogP contribution in [-0.4, -0.2) is 44.8 Å². The Morgan fingerprint density at radius 2 is 1.88 bits per heavy atom. The SMILES string of the molecule is CC1=CC[C@H](C(C)C)[C@@H]2[C@@H]1[C@H]1C[C@@](C)(O)[C@@H](O)CC[C@@](C)(O)[C@@H]2O1. The molecule has 0 saturated carbocycles. The van der Waals surface area contributed by atoms with Crippen molar-refractivity contribution in [3.63, 3.8) is 0 Å². The highest BCUT2D eigenvalue weighted by atomic mass is 16.5. The van der Waals surface area contributed by atoms with Gasteiger partial charge >= 0.3 is 0 Å². The molecule has 0 aromatic rings. The van der Waals surface area contributed by atoms with E-state index in [0.29, 0.717) is 31.1 Å². The molecule has 4 nitrogen and oxygen atoms in total. The zero-order chi connectivity index (χ0) is 17.9. The number of rotatable bonds is 1. The number of aliphatic hydroxyl groups is 3. The first-order chi connectivity index (χ1) is 11.0. The van der Waals surface area contributed by atoms with Crippen LogP contribution in [0.1, 0.15) is 60.3 Å². The molecule has 0 unspecified atom stereocenters. The minimum atomic E-state index is -1.18. The Balaban J connectivity index is 2.04. The summed E-state index contributed by atoms with van der Waals surface area (Å²) in [5.41, 5.74) is -0.856. The van der Waals surface area contributed by atoms with Crippen molar-refractivity contribution in [2.45, 2.75) is 89.8 Å². The van der Waals surface area contributed by atoms with Gasteiger partial charge in [-0.25, -0.2) is 0 Å². The summed E-state index contributed by atoms with van der Waals surface area (Å²) in [4.78, 5) is 0. The van der Waals surface area contributed by atoms with Crippen molar-refractivity contribution < 1.29 is 20.1 Å². The quantitative estimate of drug-likeness (QED) is 0.643. The second kappa shape index (κ2) is 6.08. The van der Waals surface area contributed by atoms with Gasteiger partial charge < -0.3 is 20.1 Å². The van der Waals surface area contributed by atoms with Gasteiger partial charge in [-0.15, -0.1) is 0 Å². The lowest BCUT2D eigenvalue weighted by molar-refractivity contribution is -0.120. The van der Waals surface area contributed by atoms with Gasteiger partial charge in [0.05, 0.1) is 29.5 Å². The van der Waals surface area contributed by atoms with Gasteiger partial charge in [-0.2, -0.15) is 0 Å². The molecule has 0 aromatic heterocycles. The highest BCUT2D eigenvalue weighted by Gasteiger charge is 2.57. The number of hydrogen-bond donors (Lipinski definition) is 3. The van der Waals surface area contributed by atoms with E-state index in [1.165, 1.54) is 5.57 Å². The van der Waals surface area contributed by atoms with E-state index in [1.807, 2.05) is 6.92 Å². The zero-order valence-corrected chi connectivity index (χ0v) is 15.7. The topological polar surface area (TPSA) is 69.9 Å². The average molecular weight is 338 g/mol. The number of allylic oxidation sites excluding steroid dienone is 1. The zero-order valence-electron chi connectivity index (χ0n) is 15.7. The van der Waals surface area contributed by atoms with E-state index < -0.39 is 17.3 Å². The van der Waals surface area contributed by atoms with Gasteiger partial charge in [-0.3, -0.25) is 0 Å². The molecule has 2 saturated heterocycles. The van der Waals surface area contributed by atoms with E-state index in [0.717, 1.165) is 6.42 Å². The Labute approximate surface area is 145 Å². The van der Waals surface area contributed by atoms with Gasteiger partial charge in [-0.05, 0) is 51.9 Å². The van der Waals surface area contributed by atoms with Crippen molar-refractivity contribution in [1.82, 2.24) is 0 Å². The lowest BCUT2D eigenvalue weighted by Crippen LogP contribution is -2.49. The predicted octanol–water partition coefficient (Wildman–Crippen LogP) is 2.66. The van der Waals surface area contributed by atoms with Crippen molar-refractivity contribution in [3.05, 3.63) is 11.6 Å². The smallest absolute Gasteiger partial charge is 0.0902 e. The summed E-state index contributed by atoms with van der Waals surface area (Å²) >= 11 is 0. The van der Waals surface area contributed by atoms with Gasteiger partial charge in [0.15, 0.2) is 0 Å². The molecule has 24 heavy (non-hydrogen) atoms. The molecule has 8 atom stereocenters. The standard InChI is InChI=1S/C20H34O4/c1-11(2)13-7-6-12(3)16-14-10-20(5,23)15(21)8-9-19(4,22)18(24-14)17(13)16/h6,11,13-18,21-23H,7-10H2,1-5H3/t13-,14-,15+,16+,17-,18-,19-,20-/m1/s1. The molecule has 1 aliphatic carbocycles. The normalized spacial score (nSPS) is 52.3. The van der Waals surface area contributed by atoms with Crippen LogP contribution in [0.5, 0.6) is 0 Å². The second-order valence-corrected chi connectivity index (χ2v) is 9.26. The van der Waals surface area contributed by atoms with E-state index in [-0.39, 0.29) is 24.0 Å². The monoisotopic (exact) mass is 338 g/mol. The van der Waals surface area contributed by atoms with E-state index in [4.69, 9.17) is 4.74 Å². The third-order valence-electron chi connectivity index (χ3n) is 6.94. The number of hydrogen-bond acceptors (Lipinski definition) is 4. The Hall–Kier alpha value is -0.420. The van der Waals surface area contributed by atoms with Gasteiger partial charge in [0.1, 0.15) is 0 Å². The fourth-order valence-corrected chi connectivity index (χ4v) is 5.38. The Bertz CT molecular complexity index is 508. The van der Waals surface area contributed by atoms with Gasteiger partial charge in [0.2, 0.25) is 0 Å². The first-order valence-corrected chi connectivity index (χ1v) is 9.49. The fraction of sp³-hybridized carbons (Fsp3) is 0.900. The molecule has 0 spiro atoms. The van der Waals surface area contributed by atoms with E-state index >= 15 is 0 Å². The van der Waals surface area contributed by atoms with Crippen LogP contribution in [0.25, 0.3) is 0 Å². The molecule has 3 rings (SSSR count). The molecule has 2 bridgehead atoms. The van der Waals surface area contributed by atoms with Crippen molar-refractivity contribution in [1.29, 1.82) is 0 Å². The van der Waals surface area contributed by atoms with Crippen molar-refractivity contribution in [3.8, 4) is 0 Å². The summed E-state index contributed by atoms with van der Waals surface area (Å²) in [6.07, 6.45) is 3.39. The minimum absolute atomic E-state index is 0.146. The largest absolute Gasteiger partial charge is 0.390 e. The molecular formula is C20H34O4. The van der Waals surface area contributed by atoms with Crippen LogP contribution in [0.4, 0.5) is 0 Å². The minimum Gasteiger partial charge on any atom is -0.390 e. The number of aliphatic hydroxyl groups excluding tert-OH is 1. The second-order valence-electron chi connectivity index (χ2n) is 9.26. The summed E-state index contributed by atoms with van der Waals surface area (Å²) in [5.74, 6) is 1.51. The Morgan fingerprint density at radius 1 is 1.21 bits per heavy atom. The number of ether oxygens (including phenoxy) is 1. The van der Waals surface area contributed by atoms with Crippen LogP contribution in [-0.2, 0) is 4.74 Å². The van der Waals surface area contributed by atoms with Crippen molar-refractivity contribution in [2.75, 3.05) is 0 Å². The van der Waals surface area contributed by atoms with E-state index in [2.05, 4.69) is 26.8 Å². The average Bonchev–Trinajstić information content (AvgIpc) is 2.85. The van der Waals surface area contributed by atoms with Crippen molar-refractivity contribution in [2.24, 2.45) is 23.7 Å². The van der Waals surface area contributed by atoms with Crippen LogP contribution >= 0.6 is 0 Å². The summed E-state index contributed by atoms with van der Waals surface area (Å²) in [6, 6.07) is 0. The lowest BCUT2D eigenvalue weighted by Gasteiger charge is -2.43. The highest BCUT2D eigenvalue weighted by Crippen LogP contribution is 2.53. The molecule has 0 aromatic carbocycles. The third-order valence-corrected chi connectivity index (χ3v) is 6.94. The molecule has 0 amide bonds. The van der Waals surface area contributed by atoms with Gasteiger partial charge in [0, 0.05) is 18.3 Å². The summed E-state index contributed by atoms with van der Waals surface area (Å²) in [6.45, 7) is 10.2. The molecule has 2 heterocycles. The third kappa shape index (κ3) is 2.96. The molecule has 138 valence electrons. The van der Waals surface area contributed by atoms with E-state index in [9.17, 15) is 15.3 Å². The molecular weight excluding hydrogens is 304 g/mol. The summed E-state index contributed by atoms with van der Waals surface area (Å²) < 4.78 is 6.42. The highest BCUT2D eigenvalue weighted by molar-refractivity contribution is 5.20. The lowest BCUT2D eigenvalue weighted by atomic mass is 9.62. The molecule has 3 N–H and O–H groups in total. The summed E-state index contributed by atoms with van der Waals surface area (Å²) in [7, 11) is 0. The molecule has 4 heteroatoms.